The number of nitrogens with one attached hydrogen (secondary N) is 1. The summed E-state index contributed by atoms with van der Waals surface area (Å²) in [5.41, 5.74) is 3.70. The minimum absolute atomic E-state index is 0.0515. The maximum absolute atomic E-state index is 12.5. The van der Waals surface area contributed by atoms with Crippen molar-refractivity contribution in [2.24, 2.45) is 0 Å². The molecule has 1 amide bonds. The van der Waals surface area contributed by atoms with Gasteiger partial charge >= 0.3 is 0 Å². The molecule has 4 aromatic rings. The fourth-order valence-electron chi connectivity index (χ4n) is 2.99. The Morgan fingerprint density at radius 2 is 1.92 bits per heavy atom. The van der Waals surface area contributed by atoms with Crippen LogP contribution in [-0.4, -0.2) is 15.5 Å². The van der Waals surface area contributed by atoms with Gasteiger partial charge in [-0.3, -0.25) is 9.78 Å². The van der Waals surface area contributed by atoms with Gasteiger partial charge in [-0.2, -0.15) is 0 Å². The SMILES string of the molecule is Cc1ccc2c(NC(=O)Cn3ccc4ccccc43)cccc2n1. The van der Waals surface area contributed by atoms with E-state index in [9.17, 15) is 4.79 Å². The number of rotatable bonds is 3. The summed E-state index contributed by atoms with van der Waals surface area (Å²) in [6.45, 7) is 2.24. The van der Waals surface area contributed by atoms with Crippen LogP contribution in [-0.2, 0) is 11.3 Å². The number of amides is 1. The molecule has 2 aromatic carbocycles. The summed E-state index contributed by atoms with van der Waals surface area (Å²) >= 11 is 0. The van der Waals surface area contributed by atoms with Gasteiger partial charge in [-0.25, -0.2) is 0 Å². The molecule has 0 aliphatic heterocycles. The highest BCUT2D eigenvalue weighted by Gasteiger charge is 2.09. The molecule has 2 heterocycles. The third-order valence-electron chi connectivity index (χ3n) is 4.14. The highest BCUT2D eigenvalue weighted by molar-refractivity contribution is 6.01. The Hall–Kier alpha value is -3.14. The second-order valence-corrected chi connectivity index (χ2v) is 5.88. The highest BCUT2D eigenvalue weighted by Crippen LogP contribution is 2.22. The van der Waals surface area contributed by atoms with Gasteiger partial charge in [0.2, 0.25) is 5.91 Å². The molecule has 0 bridgehead atoms. The van der Waals surface area contributed by atoms with E-state index in [1.54, 1.807) is 0 Å². The van der Waals surface area contributed by atoms with Crippen LogP contribution in [0.5, 0.6) is 0 Å². The predicted molar refractivity (Wildman–Crippen MR) is 97.0 cm³/mol. The molecule has 4 rings (SSSR count). The molecule has 0 saturated carbocycles. The molecule has 0 atom stereocenters. The summed E-state index contributed by atoms with van der Waals surface area (Å²) in [6, 6.07) is 19.8. The first-order valence-corrected chi connectivity index (χ1v) is 7.91. The first kappa shape index (κ1) is 14.5. The van der Waals surface area contributed by atoms with Gasteiger partial charge in [0.1, 0.15) is 6.54 Å². The quantitative estimate of drug-likeness (QED) is 0.618. The number of pyridine rings is 1. The second kappa shape index (κ2) is 5.81. The van der Waals surface area contributed by atoms with Crippen molar-refractivity contribution in [1.29, 1.82) is 0 Å². The number of benzene rings is 2. The van der Waals surface area contributed by atoms with E-state index in [2.05, 4.69) is 10.3 Å². The second-order valence-electron chi connectivity index (χ2n) is 5.88. The predicted octanol–water partition coefficient (Wildman–Crippen LogP) is 4.14. The van der Waals surface area contributed by atoms with E-state index in [-0.39, 0.29) is 12.5 Å². The third-order valence-corrected chi connectivity index (χ3v) is 4.14. The van der Waals surface area contributed by atoms with Gasteiger partial charge in [-0.05, 0) is 48.7 Å². The summed E-state index contributed by atoms with van der Waals surface area (Å²) in [4.78, 5) is 17.0. The lowest BCUT2D eigenvalue weighted by atomic mass is 10.1. The van der Waals surface area contributed by atoms with Gasteiger partial charge in [0.05, 0.1) is 11.2 Å². The molecular formula is C20H17N3O. The maximum Gasteiger partial charge on any atom is 0.244 e. The summed E-state index contributed by atoms with van der Waals surface area (Å²) in [7, 11) is 0. The number of fused-ring (bicyclic) bond motifs is 2. The van der Waals surface area contributed by atoms with Gasteiger partial charge < -0.3 is 9.88 Å². The van der Waals surface area contributed by atoms with Crippen molar-refractivity contribution >= 4 is 33.4 Å². The molecule has 0 radical (unpaired) electrons. The topological polar surface area (TPSA) is 46.9 Å². The van der Waals surface area contributed by atoms with E-state index in [1.165, 1.54) is 0 Å². The maximum atomic E-state index is 12.5. The molecule has 4 nitrogen and oxygen atoms in total. The van der Waals surface area contributed by atoms with Gasteiger partial charge in [0.15, 0.2) is 0 Å². The van der Waals surface area contributed by atoms with E-state index < -0.39 is 0 Å². The lowest BCUT2D eigenvalue weighted by Crippen LogP contribution is -2.18. The first-order chi connectivity index (χ1) is 11.7. The molecule has 0 fully saturated rings. The number of anilines is 1. The number of carbonyl (C=O) groups is 1. The molecule has 0 unspecified atom stereocenters. The molecule has 0 spiro atoms. The fraction of sp³-hybridized carbons (Fsp3) is 0.100. The smallest absolute Gasteiger partial charge is 0.244 e. The number of carbonyl (C=O) groups excluding carboxylic acids is 1. The minimum atomic E-state index is -0.0515. The zero-order valence-electron chi connectivity index (χ0n) is 13.4. The van der Waals surface area contributed by atoms with Crippen LogP contribution >= 0.6 is 0 Å². The van der Waals surface area contributed by atoms with Gasteiger partial charge in [-0.1, -0.05) is 24.3 Å². The van der Waals surface area contributed by atoms with Crippen molar-refractivity contribution in [3.05, 3.63) is 72.6 Å². The monoisotopic (exact) mass is 315 g/mol. The zero-order chi connectivity index (χ0) is 16.5. The molecule has 24 heavy (non-hydrogen) atoms. The van der Waals surface area contributed by atoms with E-state index in [1.807, 2.05) is 78.4 Å². The zero-order valence-corrected chi connectivity index (χ0v) is 13.4. The number of para-hydroxylation sites is 1. The third kappa shape index (κ3) is 2.63. The van der Waals surface area contributed by atoms with Crippen LogP contribution < -0.4 is 5.32 Å². The number of nitrogens with zero attached hydrogens (tertiary/aromatic N) is 2. The molecule has 0 aliphatic carbocycles. The van der Waals surface area contributed by atoms with Crippen molar-refractivity contribution in [3.63, 3.8) is 0 Å². The Bertz CT molecular complexity index is 1050. The van der Waals surface area contributed by atoms with Crippen LogP contribution in [0.1, 0.15) is 5.69 Å². The molecular weight excluding hydrogens is 298 g/mol. The molecule has 0 saturated heterocycles. The average Bonchev–Trinajstić information content (AvgIpc) is 2.98. The largest absolute Gasteiger partial charge is 0.338 e. The van der Waals surface area contributed by atoms with Crippen molar-refractivity contribution < 1.29 is 4.79 Å². The summed E-state index contributed by atoms with van der Waals surface area (Å²) < 4.78 is 1.96. The minimum Gasteiger partial charge on any atom is -0.338 e. The van der Waals surface area contributed by atoms with E-state index in [0.717, 1.165) is 33.2 Å². The summed E-state index contributed by atoms with van der Waals surface area (Å²) in [5.74, 6) is -0.0515. The van der Waals surface area contributed by atoms with Gasteiger partial charge in [-0.15, -0.1) is 0 Å². The molecule has 1 N–H and O–H groups in total. The van der Waals surface area contributed by atoms with Crippen LogP contribution in [0.25, 0.3) is 21.8 Å². The average molecular weight is 315 g/mol. The van der Waals surface area contributed by atoms with Gasteiger partial charge in [0.25, 0.3) is 0 Å². The highest BCUT2D eigenvalue weighted by atomic mass is 16.1. The van der Waals surface area contributed by atoms with E-state index in [0.29, 0.717) is 0 Å². The standard InChI is InChI=1S/C20H17N3O/c1-14-9-10-16-17(21-14)6-4-7-18(16)22-20(24)13-23-12-11-15-5-2-3-8-19(15)23/h2-12H,13H2,1H3,(H,22,24). The Morgan fingerprint density at radius 3 is 2.83 bits per heavy atom. The normalized spacial score (nSPS) is 11.0. The van der Waals surface area contributed by atoms with Crippen LogP contribution in [0.3, 0.4) is 0 Å². The lowest BCUT2D eigenvalue weighted by molar-refractivity contribution is -0.116. The van der Waals surface area contributed by atoms with E-state index in [4.69, 9.17) is 0 Å². The molecule has 118 valence electrons. The molecule has 4 heteroatoms. The lowest BCUT2D eigenvalue weighted by Gasteiger charge is -2.10. The van der Waals surface area contributed by atoms with Crippen LogP contribution in [0.2, 0.25) is 0 Å². The number of hydrogen-bond acceptors (Lipinski definition) is 2. The first-order valence-electron chi connectivity index (χ1n) is 7.91. The Morgan fingerprint density at radius 1 is 1.04 bits per heavy atom. The van der Waals surface area contributed by atoms with Gasteiger partial charge in [0, 0.05) is 22.8 Å². The number of aromatic nitrogens is 2. The van der Waals surface area contributed by atoms with Crippen LogP contribution in [0.4, 0.5) is 5.69 Å². The molecule has 2 aromatic heterocycles. The molecule has 0 aliphatic rings. The van der Waals surface area contributed by atoms with Crippen LogP contribution in [0, 0.1) is 6.92 Å². The van der Waals surface area contributed by atoms with E-state index >= 15 is 0 Å². The fourth-order valence-corrected chi connectivity index (χ4v) is 2.99. The Balaban J connectivity index is 1.60. The van der Waals surface area contributed by atoms with Crippen molar-refractivity contribution in [3.8, 4) is 0 Å². The number of hydrogen-bond donors (Lipinski definition) is 1. The van der Waals surface area contributed by atoms with Crippen LogP contribution in [0.15, 0.2) is 66.9 Å². The van der Waals surface area contributed by atoms with Crippen molar-refractivity contribution in [1.82, 2.24) is 9.55 Å². The van der Waals surface area contributed by atoms with Crippen molar-refractivity contribution in [2.45, 2.75) is 13.5 Å². The summed E-state index contributed by atoms with van der Waals surface area (Å²) in [5, 5.41) is 5.09. The Labute approximate surface area is 139 Å². The summed E-state index contributed by atoms with van der Waals surface area (Å²) in [6.07, 6.45) is 1.94. The van der Waals surface area contributed by atoms with Crippen molar-refractivity contribution in [2.75, 3.05) is 5.32 Å². The Kier molecular flexibility index (Phi) is 3.50. The number of aryl methyl sites for hydroxylation is 1.